The maximum atomic E-state index is 13.2. The van der Waals surface area contributed by atoms with Gasteiger partial charge in [0.25, 0.3) is 5.91 Å². The summed E-state index contributed by atoms with van der Waals surface area (Å²) in [5, 5.41) is 9.00. The molecule has 2 aliphatic heterocycles. The number of benzene rings is 2. The first-order valence-corrected chi connectivity index (χ1v) is 11.5. The molecule has 1 saturated heterocycles. The van der Waals surface area contributed by atoms with Crippen molar-refractivity contribution in [3.8, 4) is 17.5 Å². The maximum absolute atomic E-state index is 13.2. The number of fused-ring (bicyclic) bond motifs is 1. The predicted octanol–water partition coefficient (Wildman–Crippen LogP) is 4.78. The van der Waals surface area contributed by atoms with Crippen LogP contribution in [0.4, 0.5) is 0 Å². The summed E-state index contributed by atoms with van der Waals surface area (Å²) in [7, 11) is 0. The Morgan fingerprint density at radius 3 is 2.64 bits per heavy atom. The number of nitrogens with one attached hydrogen (secondary N) is 1. The lowest BCUT2D eigenvalue weighted by atomic mass is 9.88. The molecule has 2 aliphatic rings. The fraction of sp³-hybridized carbons (Fsp3) is 0.370. The minimum Gasteiger partial charge on any atom is -0.374 e. The summed E-state index contributed by atoms with van der Waals surface area (Å²) in [6, 6.07) is 17.7. The van der Waals surface area contributed by atoms with Gasteiger partial charge < -0.3 is 14.6 Å². The number of rotatable bonds is 3. The molecule has 1 fully saturated rings. The highest BCUT2D eigenvalue weighted by Gasteiger charge is 2.32. The first kappa shape index (κ1) is 21.4. The third kappa shape index (κ3) is 4.17. The number of aromatic nitrogens is 2. The molecule has 5 rings (SSSR count). The number of hydrogen-bond donors (Lipinski definition) is 1. The Morgan fingerprint density at radius 1 is 1.18 bits per heavy atom. The molecule has 0 aliphatic carbocycles. The molecular formula is C27H28N4O2. The third-order valence-electron chi connectivity index (χ3n) is 6.81. The molecule has 0 saturated carbocycles. The molecule has 33 heavy (non-hydrogen) atoms. The van der Waals surface area contributed by atoms with Gasteiger partial charge in [-0.05, 0) is 48.6 Å². The lowest BCUT2D eigenvalue weighted by Crippen LogP contribution is -2.37. The Labute approximate surface area is 194 Å². The number of ether oxygens (including phenoxy) is 1. The van der Waals surface area contributed by atoms with E-state index in [-0.39, 0.29) is 11.3 Å². The van der Waals surface area contributed by atoms with Crippen LogP contribution in [-0.2, 0) is 16.8 Å². The number of hydrogen-bond acceptors (Lipinski definition) is 4. The summed E-state index contributed by atoms with van der Waals surface area (Å²) in [4.78, 5) is 23.5. The molecule has 3 heterocycles. The van der Waals surface area contributed by atoms with Crippen molar-refractivity contribution in [2.24, 2.45) is 0 Å². The zero-order chi connectivity index (χ0) is 23.0. The molecule has 1 aromatic heterocycles. The quantitative estimate of drug-likeness (QED) is 0.636. The maximum Gasteiger partial charge on any atom is 0.253 e. The van der Waals surface area contributed by atoms with Gasteiger partial charge in [-0.3, -0.25) is 4.79 Å². The van der Waals surface area contributed by atoms with Crippen molar-refractivity contribution in [2.75, 3.05) is 19.7 Å². The van der Waals surface area contributed by atoms with Crippen molar-refractivity contribution in [1.82, 2.24) is 14.9 Å². The normalized spacial score (nSPS) is 17.9. The minimum absolute atomic E-state index is 0.0649. The monoisotopic (exact) mass is 440 g/mol. The number of imidazole rings is 1. The molecule has 1 amide bonds. The lowest BCUT2D eigenvalue weighted by Gasteiger charge is -2.32. The molecule has 6 heteroatoms. The zero-order valence-corrected chi connectivity index (χ0v) is 19.1. The zero-order valence-electron chi connectivity index (χ0n) is 19.1. The number of piperidine rings is 1. The Kier molecular flexibility index (Phi) is 5.51. The SMILES string of the molecule is CC1(C)COCc2[nH]c(-c3cccc(C(=O)N4CCC(c5ccc(C#N)cc5)CC4)c3)nc21. The van der Waals surface area contributed by atoms with Crippen LogP contribution >= 0.6 is 0 Å². The highest BCUT2D eigenvalue weighted by molar-refractivity contribution is 5.95. The summed E-state index contributed by atoms with van der Waals surface area (Å²) < 4.78 is 5.71. The molecular weight excluding hydrogens is 412 g/mol. The number of carbonyl (C=O) groups excluding carboxylic acids is 1. The van der Waals surface area contributed by atoms with E-state index in [4.69, 9.17) is 15.0 Å². The minimum atomic E-state index is -0.130. The van der Waals surface area contributed by atoms with E-state index >= 15 is 0 Å². The number of amides is 1. The van der Waals surface area contributed by atoms with E-state index in [1.807, 2.05) is 53.4 Å². The van der Waals surface area contributed by atoms with Crippen LogP contribution in [0.25, 0.3) is 11.4 Å². The number of nitrogens with zero attached hydrogens (tertiary/aromatic N) is 3. The summed E-state index contributed by atoms with van der Waals surface area (Å²) in [5.41, 5.74) is 5.46. The molecule has 0 spiro atoms. The third-order valence-corrected chi connectivity index (χ3v) is 6.81. The molecule has 168 valence electrons. The second kappa shape index (κ2) is 8.49. The molecule has 0 atom stereocenters. The molecule has 2 aromatic carbocycles. The standard InChI is InChI=1S/C27H28N4O2/c1-27(2)17-33-16-23-24(27)30-25(29-23)21-4-3-5-22(14-21)26(32)31-12-10-20(11-13-31)19-8-6-18(15-28)7-9-19/h3-9,14,20H,10-13,16-17H2,1-2H3,(H,29,30). The van der Waals surface area contributed by atoms with E-state index in [0.29, 0.717) is 30.3 Å². The van der Waals surface area contributed by atoms with Crippen LogP contribution in [0.5, 0.6) is 0 Å². The van der Waals surface area contributed by atoms with Gasteiger partial charge in [0.15, 0.2) is 0 Å². The molecule has 3 aromatic rings. The molecule has 0 radical (unpaired) electrons. The first-order chi connectivity index (χ1) is 15.9. The van der Waals surface area contributed by atoms with Crippen LogP contribution in [-0.4, -0.2) is 40.5 Å². The van der Waals surface area contributed by atoms with E-state index in [1.54, 1.807) is 0 Å². The molecule has 0 bridgehead atoms. The second-order valence-corrected chi connectivity index (χ2v) is 9.67. The molecule has 0 unspecified atom stereocenters. The molecule has 6 nitrogen and oxygen atoms in total. The average molecular weight is 441 g/mol. The van der Waals surface area contributed by atoms with Gasteiger partial charge in [0.2, 0.25) is 0 Å². The summed E-state index contributed by atoms with van der Waals surface area (Å²) in [6.45, 7) is 6.93. The van der Waals surface area contributed by atoms with Crippen LogP contribution in [0.1, 0.15) is 65.5 Å². The largest absolute Gasteiger partial charge is 0.374 e. The van der Waals surface area contributed by atoms with E-state index in [2.05, 4.69) is 24.9 Å². The van der Waals surface area contributed by atoms with Gasteiger partial charge in [-0.25, -0.2) is 4.98 Å². The van der Waals surface area contributed by atoms with Crippen LogP contribution in [0.3, 0.4) is 0 Å². The number of H-pyrrole nitrogens is 1. The fourth-order valence-electron chi connectivity index (χ4n) is 4.91. The summed E-state index contributed by atoms with van der Waals surface area (Å²) in [6.07, 6.45) is 1.86. The van der Waals surface area contributed by atoms with Crippen molar-refractivity contribution < 1.29 is 9.53 Å². The Hall–Kier alpha value is -3.43. The summed E-state index contributed by atoms with van der Waals surface area (Å²) in [5.74, 6) is 1.27. The van der Waals surface area contributed by atoms with Crippen molar-refractivity contribution in [2.45, 2.75) is 44.6 Å². The first-order valence-electron chi connectivity index (χ1n) is 11.5. The summed E-state index contributed by atoms with van der Waals surface area (Å²) >= 11 is 0. The Balaban J connectivity index is 1.29. The van der Waals surface area contributed by atoms with Gasteiger partial charge in [0.1, 0.15) is 5.82 Å². The Morgan fingerprint density at radius 2 is 1.94 bits per heavy atom. The fourth-order valence-corrected chi connectivity index (χ4v) is 4.91. The van der Waals surface area contributed by atoms with Crippen molar-refractivity contribution >= 4 is 5.91 Å². The van der Waals surface area contributed by atoms with E-state index < -0.39 is 0 Å². The van der Waals surface area contributed by atoms with E-state index in [0.717, 1.165) is 48.7 Å². The van der Waals surface area contributed by atoms with Gasteiger partial charge in [-0.15, -0.1) is 0 Å². The molecule has 1 N–H and O–H groups in total. The van der Waals surface area contributed by atoms with Gasteiger partial charge >= 0.3 is 0 Å². The van der Waals surface area contributed by atoms with Crippen LogP contribution in [0, 0.1) is 11.3 Å². The van der Waals surface area contributed by atoms with Crippen LogP contribution < -0.4 is 0 Å². The van der Waals surface area contributed by atoms with Gasteiger partial charge in [0.05, 0.1) is 36.2 Å². The lowest BCUT2D eigenvalue weighted by molar-refractivity contribution is 0.0605. The van der Waals surface area contributed by atoms with Crippen molar-refractivity contribution in [1.29, 1.82) is 5.26 Å². The van der Waals surface area contributed by atoms with E-state index in [9.17, 15) is 4.79 Å². The average Bonchev–Trinajstić information content (AvgIpc) is 3.30. The smallest absolute Gasteiger partial charge is 0.253 e. The van der Waals surface area contributed by atoms with Gasteiger partial charge in [-0.2, -0.15) is 5.26 Å². The van der Waals surface area contributed by atoms with E-state index in [1.165, 1.54) is 5.56 Å². The van der Waals surface area contributed by atoms with Gasteiger partial charge in [0, 0.05) is 29.6 Å². The van der Waals surface area contributed by atoms with Crippen LogP contribution in [0.2, 0.25) is 0 Å². The van der Waals surface area contributed by atoms with Crippen molar-refractivity contribution in [3.63, 3.8) is 0 Å². The number of aromatic amines is 1. The Bertz CT molecular complexity index is 1210. The van der Waals surface area contributed by atoms with Crippen molar-refractivity contribution in [3.05, 3.63) is 76.6 Å². The highest BCUT2D eigenvalue weighted by Crippen LogP contribution is 2.33. The topological polar surface area (TPSA) is 82.0 Å². The number of likely N-dealkylation sites (tertiary alicyclic amines) is 1. The number of carbonyl (C=O) groups is 1. The highest BCUT2D eigenvalue weighted by atomic mass is 16.5. The van der Waals surface area contributed by atoms with Gasteiger partial charge in [-0.1, -0.05) is 38.1 Å². The second-order valence-electron chi connectivity index (χ2n) is 9.67. The predicted molar refractivity (Wildman–Crippen MR) is 126 cm³/mol. The number of nitriles is 1. The van der Waals surface area contributed by atoms with Crippen LogP contribution in [0.15, 0.2) is 48.5 Å².